The second-order valence-corrected chi connectivity index (χ2v) is 4.53. The maximum absolute atomic E-state index is 4.20. The summed E-state index contributed by atoms with van der Waals surface area (Å²) in [6, 6.07) is 0.505. The fourth-order valence-electron chi connectivity index (χ4n) is 1.53. The third-order valence-corrected chi connectivity index (χ3v) is 2.45. The van der Waals surface area contributed by atoms with Gasteiger partial charge in [0.25, 0.3) is 0 Å². The molecule has 15 heavy (non-hydrogen) atoms. The lowest BCUT2D eigenvalue weighted by atomic mass is 10.0. The largest absolute Gasteiger partial charge is 0.348 e. The number of nitrogens with zero attached hydrogens (tertiary/aromatic N) is 2. The van der Waals surface area contributed by atoms with Gasteiger partial charge in [-0.3, -0.25) is 0 Å². The molecule has 2 N–H and O–H groups in total. The molecule has 4 heteroatoms. The summed E-state index contributed by atoms with van der Waals surface area (Å²) in [4.78, 5) is 9.50. The number of hydrogen-bond donors (Lipinski definition) is 2. The zero-order chi connectivity index (χ0) is 11.3. The van der Waals surface area contributed by atoms with Gasteiger partial charge in [-0.1, -0.05) is 13.8 Å². The van der Waals surface area contributed by atoms with Crippen LogP contribution in [0.15, 0.2) is 12.4 Å². The van der Waals surface area contributed by atoms with E-state index in [1.165, 1.54) is 0 Å². The van der Waals surface area contributed by atoms with E-state index in [0.29, 0.717) is 12.0 Å². The Bertz CT molecular complexity index is 254. The van der Waals surface area contributed by atoms with Gasteiger partial charge in [0.05, 0.1) is 6.54 Å². The van der Waals surface area contributed by atoms with E-state index >= 15 is 0 Å². The van der Waals surface area contributed by atoms with Crippen LogP contribution in [0.5, 0.6) is 0 Å². The second kappa shape index (κ2) is 5.88. The molecule has 0 saturated carbocycles. The Morgan fingerprint density at radius 2 is 2.20 bits per heavy atom. The van der Waals surface area contributed by atoms with E-state index in [-0.39, 0.29) is 0 Å². The lowest BCUT2D eigenvalue weighted by Crippen LogP contribution is -2.41. The quantitative estimate of drug-likeness (QED) is 0.738. The van der Waals surface area contributed by atoms with Crippen LogP contribution in [0.2, 0.25) is 0 Å². The second-order valence-electron chi connectivity index (χ2n) is 4.53. The van der Waals surface area contributed by atoms with Crippen LogP contribution < -0.4 is 5.32 Å². The molecule has 0 saturated heterocycles. The Morgan fingerprint density at radius 1 is 1.47 bits per heavy atom. The average Bonchev–Trinajstić information content (AvgIpc) is 2.63. The molecule has 1 atom stereocenters. The first-order chi connectivity index (χ1) is 7.09. The third-order valence-electron chi connectivity index (χ3n) is 2.45. The van der Waals surface area contributed by atoms with Crippen molar-refractivity contribution in [3.63, 3.8) is 0 Å². The van der Waals surface area contributed by atoms with Crippen molar-refractivity contribution in [1.82, 2.24) is 20.2 Å². The standard InChI is InChI=1S/C11H22N4/c1-9(2)10(8-15(3)4)14-7-11-12-5-6-13-11/h5-6,9-10,14H,7-8H2,1-4H3,(H,12,13). The topological polar surface area (TPSA) is 44.0 Å². The maximum Gasteiger partial charge on any atom is 0.120 e. The fraction of sp³-hybridized carbons (Fsp3) is 0.727. The number of imidazole rings is 1. The number of aromatic nitrogens is 2. The summed E-state index contributed by atoms with van der Waals surface area (Å²) in [6.45, 7) is 6.34. The molecule has 1 aromatic heterocycles. The van der Waals surface area contributed by atoms with Gasteiger partial charge in [-0.25, -0.2) is 4.98 Å². The van der Waals surface area contributed by atoms with Crippen molar-refractivity contribution >= 4 is 0 Å². The van der Waals surface area contributed by atoms with E-state index < -0.39 is 0 Å². The lowest BCUT2D eigenvalue weighted by Gasteiger charge is -2.25. The first kappa shape index (κ1) is 12.2. The SMILES string of the molecule is CC(C)C(CN(C)C)NCc1ncc[nH]1. The van der Waals surface area contributed by atoms with Crippen LogP contribution in [-0.2, 0) is 6.54 Å². The van der Waals surface area contributed by atoms with E-state index in [4.69, 9.17) is 0 Å². The molecule has 0 aromatic carbocycles. The van der Waals surface area contributed by atoms with Gasteiger partial charge < -0.3 is 15.2 Å². The van der Waals surface area contributed by atoms with Gasteiger partial charge in [-0.2, -0.15) is 0 Å². The summed E-state index contributed by atoms with van der Waals surface area (Å²) < 4.78 is 0. The van der Waals surface area contributed by atoms with Crippen LogP contribution in [0, 0.1) is 5.92 Å². The molecule has 4 nitrogen and oxygen atoms in total. The molecular formula is C11H22N4. The molecule has 0 amide bonds. The molecule has 0 spiro atoms. The van der Waals surface area contributed by atoms with Crippen molar-refractivity contribution in [2.24, 2.45) is 5.92 Å². The first-order valence-corrected chi connectivity index (χ1v) is 5.46. The first-order valence-electron chi connectivity index (χ1n) is 5.46. The van der Waals surface area contributed by atoms with Crippen LogP contribution in [0.3, 0.4) is 0 Å². The Morgan fingerprint density at radius 3 is 2.67 bits per heavy atom. The van der Waals surface area contributed by atoms with Gasteiger partial charge in [0, 0.05) is 25.0 Å². The van der Waals surface area contributed by atoms with E-state index in [1.807, 2.05) is 6.20 Å². The Hall–Kier alpha value is -0.870. The van der Waals surface area contributed by atoms with Gasteiger partial charge in [0.2, 0.25) is 0 Å². The van der Waals surface area contributed by atoms with E-state index in [9.17, 15) is 0 Å². The van der Waals surface area contributed by atoms with Gasteiger partial charge in [0.1, 0.15) is 5.82 Å². The summed E-state index contributed by atoms with van der Waals surface area (Å²) in [6.07, 6.45) is 3.64. The Labute approximate surface area is 92.1 Å². The monoisotopic (exact) mass is 210 g/mol. The molecule has 1 aromatic rings. The van der Waals surface area contributed by atoms with E-state index in [1.54, 1.807) is 6.20 Å². The van der Waals surface area contributed by atoms with Crippen LogP contribution >= 0.6 is 0 Å². The number of likely N-dealkylation sites (N-methyl/N-ethyl adjacent to an activating group) is 1. The van der Waals surface area contributed by atoms with Crippen molar-refractivity contribution in [3.8, 4) is 0 Å². The zero-order valence-corrected chi connectivity index (χ0v) is 10.1. The van der Waals surface area contributed by atoms with Crippen molar-refractivity contribution in [3.05, 3.63) is 18.2 Å². The molecular weight excluding hydrogens is 188 g/mol. The summed E-state index contributed by atoms with van der Waals surface area (Å²) in [5.41, 5.74) is 0. The smallest absolute Gasteiger partial charge is 0.120 e. The highest BCUT2D eigenvalue weighted by atomic mass is 15.1. The third kappa shape index (κ3) is 4.44. The zero-order valence-electron chi connectivity index (χ0n) is 10.1. The predicted octanol–water partition coefficient (Wildman–Crippen LogP) is 1.09. The summed E-state index contributed by atoms with van der Waals surface area (Å²) in [5, 5.41) is 3.52. The average molecular weight is 210 g/mol. The molecule has 0 aliphatic carbocycles. The summed E-state index contributed by atoms with van der Waals surface area (Å²) >= 11 is 0. The van der Waals surface area contributed by atoms with Gasteiger partial charge in [0.15, 0.2) is 0 Å². The predicted molar refractivity (Wildman–Crippen MR) is 62.6 cm³/mol. The molecule has 86 valence electrons. The van der Waals surface area contributed by atoms with Crippen molar-refractivity contribution in [1.29, 1.82) is 0 Å². The molecule has 1 rings (SSSR count). The van der Waals surface area contributed by atoms with Crippen molar-refractivity contribution in [2.75, 3.05) is 20.6 Å². The van der Waals surface area contributed by atoms with E-state index in [0.717, 1.165) is 18.9 Å². The minimum atomic E-state index is 0.505. The minimum absolute atomic E-state index is 0.505. The number of H-pyrrole nitrogens is 1. The summed E-state index contributed by atoms with van der Waals surface area (Å²) in [5.74, 6) is 1.63. The fourth-order valence-corrected chi connectivity index (χ4v) is 1.53. The number of nitrogens with one attached hydrogen (secondary N) is 2. The minimum Gasteiger partial charge on any atom is -0.348 e. The van der Waals surface area contributed by atoms with Gasteiger partial charge >= 0.3 is 0 Å². The van der Waals surface area contributed by atoms with Crippen LogP contribution in [0.4, 0.5) is 0 Å². The highest BCUT2D eigenvalue weighted by Gasteiger charge is 2.13. The number of aromatic amines is 1. The van der Waals surface area contributed by atoms with Crippen molar-refractivity contribution in [2.45, 2.75) is 26.4 Å². The van der Waals surface area contributed by atoms with Crippen LogP contribution in [0.1, 0.15) is 19.7 Å². The molecule has 1 heterocycles. The molecule has 0 aliphatic heterocycles. The number of rotatable bonds is 6. The van der Waals surface area contributed by atoms with Gasteiger partial charge in [-0.05, 0) is 20.0 Å². The lowest BCUT2D eigenvalue weighted by molar-refractivity contribution is 0.287. The Balaban J connectivity index is 2.38. The van der Waals surface area contributed by atoms with E-state index in [2.05, 4.69) is 48.1 Å². The summed E-state index contributed by atoms with van der Waals surface area (Å²) in [7, 11) is 4.20. The molecule has 1 unspecified atom stereocenters. The molecule has 0 fully saturated rings. The normalized spacial score (nSPS) is 13.7. The molecule has 0 radical (unpaired) electrons. The molecule has 0 aliphatic rings. The number of hydrogen-bond acceptors (Lipinski definition) is 3. The van der Waals surface area contributed by atoms with Crippen LogP contribution in [0.25, 0.3) is 0 Å². The highest BCUT2D eigenvalue weighted by molar-refractivity contribution is 4.87. The van der Waals surface area contributed by atoms with Crippen LogP contribution in [-0.4, -0.2) is 41.5 Å². The Kier molecular flexibility index (Phi) is 4.78. The van der Waals surface area contributed by atoms with Gasteiger partial charge in [-0.15, -0.1) is 0 Å². The highest BCUT2D eigenvalue weighted by Crippen LogP contribution is 2.03. The molecule has 0 bridgehead atoms. The maximum atomic E-state index is 4.20. The van der Waals surface area contributed by atoms with Crippen molar-refractivity contribution < 1.29 is 0 Å².